The molecule has 1 aliphatic rings. The summed E-state index contributed by atoms with van der Waals surface area (Å²) in [5.74, 6) is 1.16. The molecule has 90 valence electrons. The number of likely N-dealkylation sites (tertiary alicyclic amines) is 1. The highest BCUT2D eigenvalue weighted by Gasteiger charge is 2.18. The Hall–Kier alpha value is 0.0700. The van der Waals surface area contributed by atoms with Gasteiger partial charge in [-0.3, -0.25) is 4.21 Å². The van der Waals surface area contributed by atoms with Crippen molar-refractivity contribution < 1.29 is 8.76 Å². The van der Waals surface area contributed by atoms with Crippen LogP contribution < -0.4 is 0 Å². The van der Waals surface area contributed by atoms with Crippen LogP contribution in [0.15, 0.2) is 0 Å². The molecule has 0 aromatic carbocycles. The van der Waals surface area contributed by atoms with Crippen LogP contribution in [0.2, 0.25) is 0 Å². The average Bonchev–Trinajstić information content (AvgIpc) is 2.18. The van der Waals surface area contributed by atoms with Gasteiger partial charge < -0.3 is 9.45 Å². The number of piperidine rings is 1. The van der Waals surface area contributed by atoms with Crippen LogP contribution in [0.25, 0.3) is 0 Å². The number of hydrogen-bond acceptors (Lipinski definition) is 3. The molecule has 2 atom stereocenters. The maximum atomic E-state index is 10.4. The zero-order valence-electron chi connectivity index (χ0n) is 9.61. The van der Waals surface area contributed by atoms with Gasteiger partial charge in [0.05, 0.1) is 0 Å². The third kappa shape index (κ3) is 5.64. The van der Waals surface area contributed by atoms with Crippen molar-refractivity contribution >= 4 is 11.1 Å². The van der Waals surface area contributed by atoms with Crippen LogP contribution in [0.5, 0.6) is 0 Å². The second kappa shape index (κ2) is 7.36. The predicted molar refractivity (Wildman–Crippen MR) is 62.5 cm³/mol. The first-order valence-corrected chi connectivity index (χ1v) is 7.25. The summed E-state index contributed by atoms with van der Waals surface area (Å²) in [6, 6.07) is 0. The predicted octanol–water partition coefficient (Wildman–Crippen LogP) is 1.77. The molecular weight excluding hydrogens is 210 g/mol. The smallest absolute Gasteiger partial charge is 0.0114 e. The van der Waals surface area contributed by atoms with Crippen LogP contribution in [-0.4, -0.2) is 39.0 Å². The lowest BCUT2D eigenvalue weighted by Crippen LogP contribution is -2.36. The van der Waals surface area contributed by atoms with E-state index in [1.54, 1.807) is 0 Å². The van der Waals surface area contributed by atoms with Crippen molar-refractivity contribution in [2.24, 2.45) is 5.92 Å². The van der Waals surface area contributed by atoms with Crippen LogP contribution in [-0.2, 0) is 11.1 Å². The van der Waals surface area contributed by atoms with Gasteiger partial charge in [-0.2, -0.15) is 0 Å². The summed E-state index contributed by atoms with van der Waals surface area (Å²) >= 11 is -1.86. The Kier molecular flexibility index (Phi) is 6.45. The van der Waals surface area contributed by atoms with E-state index in [-0.39, 0.29) is 0 Å². The van der Waals surface area contributed by atoms with E-state index in [0.717, 1.165) is 25.4 Å². The molecule has 1 aliphatic heterocycles. The fraction of sp³-hybridized carbons (Fsp3) is 1.00. The Morgan fingerprint density at radius 3 is 3.00 bits per heavy atom. The fourth-order valence-corrected chi connectivity index (χ4v) is 2.77. The highest BCUT2D eigenvalue weighted by molar-refractivity contribution is 7.79. The normalized spacial score (nSPS) is 25.3. The Balaban J connectivity index is 2.15. The zero-order valence-corrected chi connectivity index (χ0v) is 10.4. The number of nitrogens with zero attached hydrogens (tertiary/aromatic N) is 1. The molecule has 0 saturated carbocycles. The van der Waals surface area contributed by atoms with E-state index in [0.29, 0.717) is 5.75 Å². The first kappa shape index (κ1) is 13.1. The SMILES string of the molecule is CCCC1CCCN(CCCS(=O)[O-])C1. The molecule has 1 fully saturated rings. The largest absolute Gasteiger partial charge is 0.772 e. The van der Waals surface area contributed by atoms with Crippen LogP contribution >= 0.6 is 0 Å². The lowest BCUT2D eigenvalue weighted by atomic mass is 9.94. The van der Waals surface area contributed by atoms with Crippen molar-refractivity contribution in [2.75, 3.05) is 25.4 Å². The van der Waals surface area contributed by atoms with Gasteiger partial charge in [-0.15, -0.1) is 0 Å². The minimum absolute atomic E-state index is 0.314. The molecule has 0 aromatic heterocycles. The molecular formula is C11H22NO2S-. The van der Waals surface area contributed by atoms with Crippen LogP contribution in [0.1, 0.15) is 39.0 Å². The minimum atomic E-state index is -1.86. The Bertz CT molecular complexity index is 197. The van der Waals surface area contributed by atoms with E-state index < -0.39 is 11.1 Å². The third-order valence-electron chi connectivity index (χ3n) is 3.09. The highest BCUT2D eigenvalue weighted by Crippen LogP contribution is 2.20. The summed E-state index contributed by atoms with van der Waals surface area (Å²) in [4.78, 5) is 2.43. The molecule has 3 nitrogen and oxygen atoms in total. The summed E-state index contributed by atoms with van der Waals surface area (Å²) in [7, 11) is 0. The summed E-state index contributed by atoms with van der Waals surface area (Å²) in [6.45, 7) is 5.53. The van der Waals surface area contributed by atoms with Crippen molar-refractivity contribution in [3.05, 3.63) is 0 Å². The maximum absolute atomic E-state index is 10.4. The van der Waals surface area contributed by atoms with E-state index in [9.17, 15) is 8.76 Å². The van der Waals surface area contributed by atoms with Gasteiger partial charge in [0.15, 0.2) is 0 Å². The van der Waals surface area contributed by atoms with Crippen molar-refractivity contribution in [3.63, 3.8) is 0 Å². The molecule has 4 heteroatoms. The summed E-state index contributed by atoms with van der Waals surface area (Å²) in [5, 5.41) is 0. The molecule has 2 unspecified atom stereocenters. The minimum Gasteiger partial charge on any atom is -0.772 e. The van der Waals surface area contributed by atoms with Crippen molar-refractivity contribution in [2.45, 2.75) is 39.0 Å². The Morgan fingerprint density at radius 1 is 1.53 bits per heavy atom. The fourth-order valence-electron chi connectivity index (χ4n) is 2.40. The van der Waals surface area contributed by atoms with Gasteiger partial charge >= 0.3 is 0 Å². The van der Waals surface area contributed by atoms with Crippen LogP contribution in [0, 0.1) is 5.92 Å². The lowest BCUT2D eigenvalue weighted by Gasteiger charge is -2.32. The average molecular weight is 232 g/mol. The molecule has 0 N–H and O–H groups in total. The van der Waals surface area contributed by atoms with Crippen LogP contribution in [0.3, 0.4) is 0 Å². The van der Waals surface area contributed by atoms with Gasteiger partial charge in [-0.1, -0.05) is 24.4 Å². The molecule has 0 amide bonds. The van der Waals surface area contributed by atoms with E-state index >= 15 is 0 Å². The van der Waals surface area contributed by atoms with Gasteiger partial charge in [0, 0.05) is 12.3 Å². The van der Waals surface area contributed by atoms with E-state index in [2.05, 4.69) is 11.8 Å². The summed E-state index contributed by atoms with van der Waals surface area (Å²) < 4.78 is 20.8. The third-order valence-corrected chi connectivity index (χ3v) is 3.71. The zero-order chi connectivity index (χ0) is 11.1. The van der Waals surface area contributed by atoms with E-state index in [1.807, 2.05) is 0 Å². The standard InChI is InChI=1S/C11H23NO2S/c1-2-5-11-6-3-7-12(10-11)8-4-9-15(13)14/h11H,2-10H2,1H3,(H,13,14)/p-1. The van der Waals surface area contributed by atoms with Gasteiger partial charge in [-0.05, 0) is 44.7 Å². The molecule has 0 radical (unpaired) electrons. The topological polar surface area (TPSA) is 43.4 Å². The quantitative estimate of drug-likeness (QED) is 0.656. The van der Waals surface area contributed by atoms with E-state index in [1.165, 1.54) is 32.2 Å². The van der Waals surface area contributed by atoms with E-state index in [4.69, 9.17) is 0 Å². The summed E-state index contributed by atoms with van der Waals surface area (Å²) in [6.07, 6.45) is 6.02. The highest BCUT2D eigenvalue weighted by atomic mass is 32.2. The van der Waals surface area contributed by atoms with Crippen molar-refractivity contribution in [1.82, 2.24) is 4.90 Å². The van der Waals surface area contributed by atoms with Gasteiger partial charge in [-0.25, -0.2) is 0 Å². The maximum Gasteiger partial charge on any atom is 0.0114 e. The van der Waals surface area contributed by atoms with Gasteiger partial charge in [0.1, 0.15) is 0 Å². The second-order valence-corrected chi connectivity index (χ2v) is 5.47. The molecule has 0 spiro atoms. The van der Waals surface area contributed by atoms with Crippen molar-refractivity contribution in [1.29, 1.82) is 0 Å². The Morgan fingerprint density at radius 2 is 2.33 bits per heavy atom. The first-order valence-electron chi connectivity index (χ1n) is 6.00. The number of hydrogen-bond donors (Lipinski definition) is 0. The monoisotopic (exact) mass is 232 g/mol. The van der Waals surface area contributed by atoms with Crippen LogP contribution in [0.4, 0.5) is 0 Å². The molecule has 0 bridgehead atoms. The Labute approximate surface area is 95.5 Å². The molecule has 0 aliphatic carbocycles. The summed E-state index contributed by atoms with van der Waals surface area (Å²) in [5.41, 5.74) is 0. The molecule has 0 aromatic rings. The molecule has 1 heterocycles. The van der Waals surface area contributed by atoms with Gasteiger partial charge in [0.2, 0.25) is 0 Å². The first-order chi connectivity index (χ1) is 7.22. The molecule has 15 heavy (non-hydrogen) atoms. The number of rotatable bonds is 6. The van der Waals surface area contributed by atoms with Gasteiger partial charge in [0.25, 0.3) is 0 Å². The second-order valence-electron chi connectivity index (χ2n) is 4.46. The lowest BCUT2D eigenvalue weighted by molar-refractivity contribution is 0.168. The molecule has 1 rings (SSSR count). The van der Waals surface area contributed by atoms with Crippen molar-refractivity contribution in [3.8, 4) is 0 Å². The molecule has 1 saturated heterocycles.